The third-order valence-electron chi connectivity index (χ3n) is 3.14. The van der Waals surface area contributed by atoms with Crippen molar-refractivity contribution in [2.75, 3.05) is 18.4 Å². The van der Waals surface area contributed by atoms with Crippen molar-refractivity contribution < 1.29 is 4.74 Å². The molecule has 0 aliphatic heterocycles. The Balaban J connectivity index is 1.76. The van der Waals surface area contributed by atoms with Crippen molar-refractivity contribution in [2.24, 2.45) is 0 Å². The summed E-state index contributed by atoms with van der Waals surface area (Å²) in [4.78, 5) is 0. The first-order chi connectivity index (χ1) is 10.7. The van der Waals surface area contributed by atoms with Gasteiger partial charge in [-0.1, -0.05) is 41.9 Å². The van der Waals surface area contributed by atoms with Gasteiger partial charge < -0.3 is 15.4 Å². The quantitative estimate of drug-likeness (QED) is 0.711. The van der Waals surface area contributed by atoms with Gasteiger partial charge in [-0.25, -0.2) is 0 Å². The minimum absolute atomic E-state index is 0.168. The molecule has 2 N–H and O–H groups in total. The van der Waals surface area contributed by atoms with Gasteiger partial charge in [-0.15, -0.1) is 0 Å². The van der Waals surface area contributed by atoms with Gasteiger partial charge in [0.25, 0.3) is 0 Å². The first-order valence-corrected chi connectivity index (χ1v) is 7.98. The van der Waals surface area contributed by atoms with E-state index in [4.69, 9.17) is 16.3 Å². The number of hydrogen-bond acceptors (Lipinski definition) is 3. The van der Waals surface area contributed by atoms with Crippen molar-refractivity contribution in [3.63, 3.8) is 0 Å². The van der Waals surface area contributed by atoms with E-state index in [-0.39, 0.29) is 6.10 Å². The van der Waals surface area contributed by atoms with Crippen molar-refractivity contribution in [1.29, 1.82) is 0 Å². The van der Waals surface area contributed by atoms with Crippen LogP contribution in [0.4, 0.5) is 5.69 Å². The Bertz CT molecular complexity index is 587. The number of rotatable bonds is 8. The average Bonchev–Trinajstić information content (AvgIpc) is 2.50. The summed E-state index contributed by atoms with van der Waals surface area (Å²) < 4.78 is 5.79. The number of halogens is 1. The fraction of sp³-hybridized carbons (Fsp3) is 0.333. The molecule has 0 aliphatic carbocycles. The molecule has 4 heteroatoms. The predicted molar refractivity (Wildman–Crippen MR) is 93.9 cm³/mol. The Morgan fingerprint density at radius 2 is 1.73 bits per heavy atom. The van der Waals surface area contributed by atoms with E-state index in [9.17, 15) is 0 Å². The third-order valence-corrected chi connectivity index (χ3v) is 3.51. The van der Waals surface area contributed by atoms with Crippen LogP contribution in [0.1, 0.15) is 19.4 Å². The van der Waals surface area contributed by atoms with Crippen molar-refractivity contribution in [3.05, 3.63) is 59.1 Å². The van der Waals surface area contributed by atoms with E-state index in [0.29, 0.717) is 0 Å². The van der Waals surface area contributed by atoms with Crippen LogP contribution >= 0.6 is 11.6 Å². The van der Waals surface area contributed by atoms with Gasteiger partial charge in [0.1, 0.15) is 5.75 Å². The molecule has 0 atom stereocenters. The molecule has 0 aliphatic rings. The average molecular weight is 319 g/mol. The van der Waals surface area contributed by atoms with Crippen LogP contribution in [0.25, 0.3) is 0 Å². The smallest absolute Gasteiger partial charge is 0.142 e. The van der Waals surface area contributed by atoms with Gasteiger partial charge in [0.2, 0.25) is 0 Å². The molecule has 0 unspecified atom stereocenters. The molecule has 0 saturated heterocycles. The molecule has 0 amide bonds. The van der Waals surface area contributed by atoms with E-state index in [0.717, 1.165) is 41.7 Å². The van der Waals surface area contributed by atoms with Crippen molar-refractivity contribution >= 4 is 17.3 Å². The predicted octanol–water partition coefficient (Wildman–Crippen LogP) is 4.33. The van der Waals surface area contributed by atoms with E-state index in [1.807, 2.05) is 62.4 Å². The molecule has 2 rings (SSSR count). The normalized spacial score (nSPS) is 10.7. The largest absolute Gasteiger partial charge is 0.489 e. The molecule has 2 aromatic carbocycles. The SMILES string of the molecule is CC(C)Oc1ccccc1NCCNCc1ccccc1Cl. The fourth-order valence-corrected chi connectivity index (χ4v) is 2.32. The highest BCUT2D eigenvalue weighted by atomic mass is 35.5. The maximum Gasteiger partial charge on any atom is 0.142 e. The van der Waals surface area contributed by atoms with Crippen molar-refractivity contribution in [3.8, 4) is 5.75 Å². The van der Waals surface area contributed by atoms with E-state index in [1.165, 1.54) is 0 Å². The van der Waals surface area contributed by atoms with Gasteiger partial charge in [0.05, 0.1) is 11.8 Å². The molecule has 2 aromatic rings. The van der Waals surface area contributed by atoms with E-state index in [1.54, 1.807) is 0 Å². The minimum Gasteiger partial charge on any atom is -0.489 e. The lowest BCUT2D eigenvalue weighted by Gasteiger charge is -2.15. The Labute approximate surface area is 137 Å². The Hall–Kier alpha value is -1.71. The van der Waals surface area contributed by atoms with Gasteiger partial charge in [0.15, 0.2) is 0 Å². The second kappa shape index (κ2) is 8.66. The van der Waals surface area contributed by atoms with Gasteiger partial charge in [-0.3, -0.25) is 0 Å². The summed E-state index contributed by atoms with van der Waals surface area (Å²) in [7, 11) is 0. The molecule has 0 radical (unpaired) electrons. The monoisotopic (exact) mass is 318 g/mol. The van der Waals surface area contributed by atoms with Crippen LogP contribution in [-0.2, 0) is 6.54 Å². The van der Waals surface area contributed by atoms with Crippen LogP contribution in [-0.4, -0.2) is 19.2 Å². The number of hydrogen-bond donors (Lipinski definition) is 2. The van der Waals surface area contributed by atoms with Crippen LogP contribution < -0.4 is 15.4 Å². The van der Waals surface area contributed by atoms with Gasteiger partial charge in [-0.05, 0) is 37.6 Å². The molecule has 22 heavy (non-hydrogen) atoms. The fourth-order valence-electron chi connectivity index (χ4n) is 2.12. The molecular formula is C18H23ClN2O. The van der Waals surface area contributed by atoms with Gasteiger partial charge in [0, 0.05) is 24.7 Å². The van der Waals surface area contributed by atoms with Gasteiger partial charge >= 0.3 is 0 Å². The summed E-state index contributed by atoms with van der Waals surface area (Å²) in [6.45, 7) is 6.50. The lowest BCUT2D eigenvalue weighted by atomic mass is 10.2. The van der Waals surface area contributed by atoms with Crippen molar-refractivity contribution in [2.45, 2.75) is 26.5 Å². The Kier molecular flexibility index (Phi) is 6.56. The highest BCUT2D eigenvalue weighted by Gasteiger charge is 2.04. The first-order valence-electron chi connectivity index (χ1n) is 7.60. The topological polar surface area (TPSA) is 33.3 Å². The molecular weight excluding hydrogens is 296 g/mol. The molecule has 3 nitrogen and oxygen atoms in total. The molecule has 0 bridgehead atoms. The molecule has 0 spiro atoms. The third kappa shape index (κ3) is 5.24. The first kappa shape index (κ1) is 16.7. The van der Waals surface area contributed by atoms with Crippen LogP contribution in [0.3, 0.4) is 0 Å². The number of para-hydroxylation sites is 2. The van der Waals surface area contributed by atoms with Crippen LogP contribution in [0, 0.1) is 0 Å². The van der Waals surface area contributed by atoms with E-state index in [2.05, 4.69) is 10.6 Å². The van der Waals surface area contributed by atoms with Crippen LogP contribution in [0.15, 0.2) is 48.5 Å². The summed E-state index contributed by atoms with van der Waals surface area (Å²) in [5, 5.41) is 7.59. The van der Waals surface area contributed by atoms with E-state index >= 15 is 0 Å². The maximum absolute atomic E-state index is 6.13. The number of ether oxygens (including phenoxy) is 1. The zero-order valence-corrected chi connectivity index (χ0v) is 13.9. The maximum atomic E-state index is 6.13. The summed E-state index contributed by atoms with van der Waals surface area (Å²) in [6.07, 6.45) is 0.168. The molecule has 118 valence electrons. The van der Waals surface area contributed by atoms with Crippen LogP contribution in [0.2, 0.25) is 5.02 Å². The molecule has 0 saturated carbocycles. The zero-order valence-electron chi connectivity index (χ0n) is 13.1. The molecule has 0 aromatic heterocycles. The number of nitrogens with one attached hydrogen (secondary N) is 2. The summed E-state index contributed by atoms with van der Waals surface area (Å²) in [5.74, 6) is 0.892. The number of anilines is 1. The lowest BCUT2D eigenvalue weighted by molar-refractivity contribution is 0.243. The molecule has 0 fully saturated rings. The lowest BCUT2D eigenvalue weighted by Crippen LogP contribution is -2.22. The van der Waals surface area contributed by atoms with Gasteiger partial charge in [-0.2, -0.15) is 0 Å². The summed E-state index contributed by atoms with van der Waals surface area (Å²) >= 11 is 6.13. The second-order valence-electron chi connectivity index (χ2n) is 5.36. The highest BCUT2D eigenvalue weighted by Crippen LogP contribution is 2.24. The zero-order chi connectivity index (χ0) is 15.8. The Morgan fingerprint density at radius 3 is 2.50 bits per heavy atom. The minimum atomic E-state index is 0.168. The van der Waals surface area contributed by atoms with Crippen LogP contribution in [0.5, 0.6) is 5.75 Å². The number of benzene rings is 2. The summed E-state index contributed by atoms with van der Waals surface area (Å²) in [6, 6.07) is 15.9. The Morgan fingerprint density at radius 1 is 1.00 bits per heavy atom. The van der Waals surface area contributed by atoms with E-state index < -0.39 is 0 Å². The van der Waals surface area contributed by atoms with Crippen molar-refractivity contribution in [1.82, 2.24) is 5.32 Å². The summed E-state index contributed by atoms with van der Waals surface area (Å²) in [5.41, 5.74) is 2.14. The molecule has 0 heterocycles. The highest BCUT2D eigenvalue weighted by molar-refractivity contribution is 6.31. The second-order valence-corrected chi connectivity index (χ2v) is 5.76. The standard InChI is InChI=1S/C18H23ClN2O/c1-14(2)22-18-10-6-5-9-17(18)21-12-11-20-13-15-7-3-4-8-16(15)19/h3-10,14,20-21H,11-13H2,1-2H3.